The van der Waals surface area contributed by atoms with Gasteiger partial charge < -0.3 is 34.7 Å². The number of alkyl carbamates (subject to hydrolysis) is 1. The van der Waals surface area contributed by atoms with E-state index in [1.54, 1.807) is 26.2 Å². The quantitative estimate of drug-likeness (QED) is 0.402. The molecule has 11 heteroatoms. The largest absolute Gasteiger partial charge is 0.476 e. The minimum Gasteiger partial charge on any atom is -0.476 e. The molecule has 0 aliphatic carbocycles. The maximum Gasteiger partial charge on any atom is 0.407 e. The Labute approximate surface area is 227 Å². The molecular weight excluding hydrogens is 500 g/mol. The molecule has 1 aromatic carbocycles. The molecule has 5 rings (SSSR count). The van der Waals surface area contributed by atoms with Gasteiger partial charge in [0.05, 0.1) is 12.0 Å². The van der Waals surface area contributed by atoms with E-state index in [4.69, 9.17) is 18.9 Å². The number of hydrogen-bond acceptors (Lipinski definition) is 9. The standard InChI is InChI=1S/C28H36N6O5/c1-16(29-26(36)39-27(2,3)4)17-9-12-34(13-10-17)23-22-19(11-14-37-22)32-25(33-23)30-18-7-8-21-20(15-18)31-24(35)28(5,6)38-21/h7-8,11,14-17H,9-10,12-13H2,1-6H3,(H,29,36)(H,31,35)(H,30,32,33). The predicted octanol–water partition coefficient (Wildman–Crippen LogP) is 5.21. The van der Waals surface area contributed by atoms with Gasteiger partial charge in [0, 0.05) is 30.9 Å². The molecule has 0 radical (unpaired) electrons. The highest BCUT2D eigenvalue weighted by Gasteiger charge is 2.35. The lowest BCUT2D eigenvalue weighted by Crippen LogP contribution is -2.45. The molecular formula is C28H36N6O5. The number of benzene rings is 1. The summed E-state index contributed by atoms with van der Waals surface area (Å²) < 4.78 is 17.0. The first-order valence-corrected chi connectivity index (χ1v) is 13.3. The van der Waals surface area contributed by atoms with Crippen LogP contribution >= 0.6 is 0 Å². The zero-order valence-corrected chi connectivity index (χ0v) is 23.3. The maximum atomic E-state index is 12.3. The number of anilines is 4. The number of hydrogen-bond donors (Lipinski definition) is 3. The van der Waals surface area contributed by atoms with Crippen LogP contribution in [0.2, 0.25) is 0 Å². The van der Waals surface area contributed by atoms with Crippen molar-refractivity contribution in [2.24, 2.45) is 5.92 Å². The van der Waals surface area contributed by atoms with Crippen LogP contribution in [-0.4, -0.2) is 52.3 Å². The average molecular weight is 537 g/mol. The molecule has 2 aromatic heterocycles. The van der Waals surface area contributed by atoms with Crippen molar-refractivity contribution in [1.82, 2.24) is 15.3 Å². The van der Waals surface area contributed by atoms with Gasteiger partial charge in [-0.25, -0.2) is 9.78 Å². The van der Waals surface area contributed by atoms with Crippen molar-refractivity contribution in [3.8, 4) is 5.75 Å². The summed E-state index contributed by atoms with van der Waals surface area (Å²) in [5, 5.41) is 9.14. The van der Waals surface area contributed by atoms with Gasteiger partial charge in [-0.3, -0.25) is 4.79 Å². The third kappa shape index (κ3) is 5.86. The van der Waals surface area contributed by atoms with Crippen LogP contribution in [0.15, 0.2) is 34.9 Å². The average Bonchev–Trinajstić information content (AvgIpc) is 3.32. The Morgan fingerprint density at radius 3 is 2.67 bits per heavy atom. The molecule has 3 N–H and O–H groups in total. The predicted molar refractivity (Wildman–Crippen MR) is 149 cm³/mol. The zero-order valence-electron chi connectivity index (χ0n) is 23.3. The molecule has 3 aromatic rings. The van der Waals surface area contributed by atoms with Crippen LogP contribution in [-0.2, 0) is 9.53 Å². The lowest BCUT2D eigenvalue weighted by Gasteiger charge is -2.35. The molecule has 1 saturated heterocycles. The van der Waals surface area contributed by atoms with Gasteiger partial charge in [0.1, 0.15) is 16.9 Å². The smallest absolute Gasteiger partial charge is 0.407 e. The number of aromatic nitrogens is 2. The van der Waals surface area contributed by atoms with Crippen LogP contribution in [0.25, 0.3) is 11.1 Å². The van der Waals surface area contributed by atoms with Gasteiger partial charge >= 0.3 is 6.09 Å². The fraction of sp³-hybridized carbons (Fsp3) is 0.500. The second-order valence-corrected chi connectivity index (χ2v) is 11.7. The van der Waals surface area contributed by atoms with E-state index in [1.165, 1.54) is 0 Å². The molecule has 11 nitrogen and oxygen atoms in total. The maximum absolute atomic E-state index is 12.3. The summed E-state index contributed by atoms with van der Waals surface area (Å²) in [5.41, 5.74) is 1.17. The fourth-order valence-corrected chi connectivity index (χ4v) is 4.86. The Balaban J connectivity index is 1.29. The first-order valence-electron chi connectivity index (χ1n) is 13.3. The summed E-state index contributed by atoms with van der Waals surface area (Å²) >= 11 is 0. The van der Waals surface area contributed by atoms with Gasteiger partial charge in [-0.05, 0) is 78.5 Å². The molecule has 1 unspecified atom stereocenters. The Morgan fingerprint density at radius 2 is 1.95 bits per heavy atom. The van der Waals surface area contributed by atoms with Gasteiger partial charge in [-0.15, -0.1) is 0 Å². The normalized spacial score (nSPS) is 18.1. The number of fused-ring (bicyclic) bond motifs is 2. The summed E-state index contributed by atoms with van der Waals surface area (Å²) in [6.07, 6.45) is 2.98. The van der Waals surface area contributed by atoms with Gasteiger partial charge in [0.2, 0.25) is 5.95 Å². The Bertz CT molecular complexity index is 1390. The number of nitrogens with zero attached hydrogens (tertiary/aromatic N) is 3. The Morgan fingerprint density at radius 1 is 1.21 bits per heavy atom. The monoisotopic (exact) mass is 536 g/mol. The third-order valence-electron chi connectivity index (χ3n) is 6.97. The number of amides is 2. The van der Waals surface area contributed by atoms with Crippen LogP contribution in [0.5, 0.6) is 5.75 Å². The molecule has 2 amide bonds. The van der Waals surface area contributed by atoms with Gasteiger partial charge in [0.15, 0.2) is 17.0 Å². The molecule has 39 heavy (non-hydrogen) atoms. The molecule has 4 heterocycles. The second kappa shape index (κ2) is 9.94. The van der Waals surface area contributed by atoms with E-state index in [9.17, 15) is 9.59 Å². The van der Waals surface area contributed by atoms with Crippen LogP contribution in [0, 0.1) is 5.92 Å². The van der Waals surface area contributed by atoms with Crippen molar-refractivity contribution in [2.75, 3.05) is 28.6 Å². The summed E-state index contributed by atoms with van der Waals surface area (Å²) in [5.74, 6) is 1.86. The summed E-state index contributed by atoms with van der Waals surface area (Å²) in [4.78, 5) is 36.2. The number of carbonyl (C=O) groups is 2. The Kier molecular flexibility index (Phi) is 6.77. The topological polar surface area (TPSA) is 131 Å². The number of nitrogens with one attached hydrogen (secondary N) is 3. The van der Waals surface area contributed by atoms with E-state index in [1.807, 2.05) is 45.9 Å². The zero-order chi connectivity index (χ0) is 27.9. The highest BCUT2D eigenvalue weighted by Crippen LogP contribution is 2.37. The van der Waals surface area contributed by atoms with E-state index in [2.05, 4.69) is 25.8 Å². The fourth-order valence-electron chi connectivity index (χ4n) is 4.86. The number of rotatable bonds is 5. The minimum absolute atomic E-state index is 0.00712. The molecule has 208 valence electrons. The van der Waals surface area contributed by atoms with Crippen LogP contribution in [0.3, 0.4) is 0 Å². The number of ether oxygens (including phenoxy) is 2. The summed E-state index contributed by atoms with van der Waals surface area (Å²) in [6.45, 7) is 12.6. The highest BCUT2D eigenvalue weighted by atomic mass is 16.6. The second-order valence-electron chi connectivity index (χ2n) is 11.7. The molecule has 0 bridgehead atoms. The van der Waals surface area contributed by atoms with E-state index in [-0.39, 0.29) is 11.9 Å². The van der Waals surface area contributed by atoms with E-state index < -0.39 is 17.3 Å². The minimum atomic E-state index is -0.927. The SMILES string of the molecule is CC(NC(=O)OC(C)(C)C)C1CCN(c2nc(Nc3ccc4c(c3)NC(=O)C(C)(C)O4)nc3ccoc23)CC1. The number of piperidine rings is 1. The molecule has 1 fully saturated rings. The summed E-state index contributed by atoms with van der Waals surface area (Å²) in [6, 6.07) is 7.28. The molecule has 2 aliphatic rings. The molecule has 2 aliphatic heterocycles. The third-order valence-corrected chi connectivity index (χ3v) is 6.97. The molecule has 1 atom stereocenters. The van der Waals surface area contributed by atoms with Crippen molar-refractivity contribution in [3.05, 3.63) is 30.5 Å². The number of carbonyl (C=O) groups excluding carboxylic acids is 2. The molecule has 0 spiro atoms. The number of furan rings is 1. The van der Waals surface area contributed by atoms with Crippen LogP contribution in [0.4, 0.5) is 27.9 Å². The van der Waals surface area contributed by atoms with E-state index in [0.717, 1.165) is 31.7 Å². The van der Waals surface area contributed by atoms with Crippen molar-refractivity contribution < 1.29 is 23.5 Å². The van der Waals surface area contributed by atoms with Crippen molar-refractivity contribution in [2.45, 2.75) is 71.6 Å². The van der Waals surface area contributed by atoms with Gasteiger partial charge in [0.25, 0.3) is 5.91 Å². The lowest BCUT2D eigenvalue weighted by molar-refractivity contribution is -0.129. The Hall–Kier alpha value is -4.02. The molecule has 0 saturated carbocycles. The van der Waals surface area contributed by atoms with Crippen molar-refractivity contribution >= 4 is 46.2 Å². The summed E-state index contributed by atoms with van der Waals surface area (Å²) in [7, 11) is 0. The van der Waals surface area contributed by atoms with Gasteiger partial charge in [-0.2, -0.15) is 4.98 Å². The van der Waals surface area contributed by atoms with Gasteiger partial charge in [-0.1, -0.05) is 0 Å². The van der Waals surface area contributed by atoms with E-state index >= 15 is 0 Å². The lowest BCUT2D eigenvalue weighted by atomic mass is 9.90. The van der Waals surface area contributed by atoms with Crippen molar-refractivity contribution in [3.63, 3.8) is 0 Å². The van der Waals surface area contributed by atoms with E-state index in [0.29, 0.717) is 40.1 Å². The first kappa shape index (κ1) is 26.6. The van der Waals surface area contributed by atoms with Crippen LogP contribution in [0.1, 0.15) is 54.4 Å². The first-order chi connectivity index (χ1) is 18.4. The van der Waals surface area contributed by atoms with Crippen molar-refractivity contribution in [1.29, 1.82) is 0 Å². The highest BCUT2D eigenvalue weighted by molar-refractivity contribution is 6.00. The van der Waals surface area contributed by atoms with Crippen LogP contribution < -0.4 is 25.6 Å².